The molecule has 0 bridgehead atoms. The van der Waals surface area contributed by atoms with Gasteiger partial charge in [0.25, 0.3) is 0 Å². The van der Waals surface area contributed by atoms with Crippen LogP contribution in [0.2, 0.25) is 0 Å². The number of anilines is 3. The Morgan fingerprint density at radius 1 is 1.08 bits per heavy atom. The molecule has 0 spiro atoms. The van der Waals surface area contributed by atoms with Gasteiger partial charge in [0, 0.05) is 24.7 Å². The zero-order chi connectivity index (χ0) is 18.0. The van der Waals surface area contributed by atoms with Crippen molar-refractivity contribution in [1.29, 1.82) is 0 Å². The maximum Gasteiger partial charge on any atom is 0.321 e. The molecule has 0 atom stereocenters. The molecule has 0 saturated heterocycles. The lowest BCUT2D eigenvalue weighted by Gasteiger charge is -2.29. The van der Waals surface area contributed by atoms with Gasteiger partial charge in [-0.2, -0.15) is 9.97 Å². The summed E-state index contributed by atoms with van der Waals surface area (Å²) in [4.78, 5) is 25.3. The first-order chi connectivity index (χ1) is 12.1. The Kier molecular flexibility index (Phi) is 4.74. The van der Waals surface area contributed by atoms with E-state index in [9.17, 15) is 4.79 Å². The van der Waals surface area contributed by atoms with Crippen LogP contribution in [0.4, 0.5) is 17.2 Å². The van der Waals surface area contributed by atoms with Crippen LogP contribution in [0.15, 0.2) is 30.3 Å². The van der Waals surface area contributed by atoms with Gasteiger partial charge in [-0.3, -0.25) is 4.79 Å². The normalized spacial score (nSPS) is 14.4. The molecule has 132 valence electrons. The van der Waals surface area contributed by atoms with E-state index in [2.05, 4.69) is 9.97 Å². The third-order valence-corrected chi connectivity index (χ3v) is 4.09. The number of aromatic nitrogens is 2. The second kappa shape index (κ2) is 6.96. The fraction of sp³-hybridized carbons (Fsp3) is 0.389. The summed E-state index contributed by atoms with van der Waals surface area (Å²) in [6, 6.07) is 9.99. The highest BCUT2D eigenvalue weighted by Crippen LogP contribution is 2.42. The van der Waals surface area contributed by atoms with Crippen molar-refractivity contribution in [3.05, 3.63) is 30.3 Å². The molecule has 2 heterocycles. The molecular formula is C18H22N4O3. The van der Waals surface area contributed by atoms with Gasteiger partial charge in [0.2, 0.25) is 11.8 Å². The summed E-state index contributed by atoms with van der Waals surface area (Å²) in [6.07, 6.45) is 0.370. The van der Waals surface area contributed by atoms with Gasteiger partial charge in [-0.15, -0.1) is 0 Å². The number of benzene rings is 1. The van der Waals surface area contributed by atoms with Crippen LogP contribution in [-0.2, 0) is 4.79 Å². The maximum absolute atomic E-state index is 12.8. The molecule has 25 heavy (non-hydrogen) atoms. The number of hydrogen-bond acceptors (Lipinski definition) is 6. The molecule has 1 aromatic heterocycles. The van der Waals surface area contributed by atoms with Crippen LogP contribution >= 0.6 is 0 Å². The molecule has 0 fully saturated rings. The second-order valence-electron chi connectivity index (χ2n) is 5.99. The largest absolute Gasteiger partial charge is 0.479 e. The molecule has 0 unspecified atom stereocenters. The highest BCUT2D eigenvalue weighted by atomic mass is 16.5. The van der Waals surface area contributed by atoms with Gasteiger partial charge in [-0.05, 0) is 26.0 Å². The Bertz CT molecular complexity index is 764. The molecule has 1 aliphatic heterocycles. The van der Waals surface area contributed by atoms with Gasteiger partial charge in [0.15, 0.2) is 11.5 Å². The van der Waals surface area contributed by atoms with E-state index in [1.165, 1.54) is 14.2 Å². The van der Waals surface area contributed by atoms with Gasteiger partial charge >= 0.3 is 6.01 Å². The highest BCUT2D eigenvalue weighted by Gasteiger charge is 2.34. The van der Waals surface area contributed by atoms with E-state index >= 15 is 0 Å². The summed E-state index contributed by atoms with van der Waals surface area (Å²) < 4.78 is 10.7. The summed E-state index contributed by atoms with van der Waals surface area (Å²) in [7, 11) is 3.04. The van der Waals surface area contributed by atoms with E-state index in [0.29, 0.717) is 30.4 Å². The van der Waals surface area contributed by atoms with Crippen molar-refractivity contribution in [2.45, 2.75) is 26.3 Å². The van der Waals surface area contributed by atoms with Crippen molar-refractivity contribution >= 4 is 23.1 Å². The Morgan fingerprint density at radius 3 is 2.40 bits per heavy atom. The predicted molar refractivity (Wildman–Crippen MR) is 95.8 cm³/mol. The Morgan fingerprint density at radius 2 is 1.80 bits per heavy atom. The number of rotatable bonds is 4. The van der Waals surface area contributed by atoms with Gasteiger partial charge in [-0.25, -0.2) is 0 Å². The lowest BCUT2D eigenvalue weighted by atomic mass is 10.2. The molecule has 1 aromatic carbocycles. The van der Waals surface area contributed by atoms with E-state index < -0.39 is 0 Å². The lowest BCUT2D eigenvalue weighted by molar-refractivity contribution is -0.118. The smallest absolute Gasteiger partial charge is 0.321 e. The summed E-state index contributed by atoms with van der Waals surface area (Å²) >= 11 is 0. The monoisotopic (exact) mass is 342 g/mol. The first-order valence-corrected chi connectivity index (χ1v) is 8.21. The summed E-state index contributed by atoms with van der Waals surface area (Å²) in [5.74, 6) is 0.947. The molecule has 1 aliphatic rings. The standard InChI is InChI=1S/C18H22N4O3/c1-12(2)22-14(23)10-11-21(13-8-6-5-7-9-13)16-15(22)17(24-3)20-18(19-16)25-4/h5-9,12H,10-11H2,1-4H3. The Balaban J connectivity index is 2.27. The SMILES string of the molecule is COc1nc(OC)c2c(n1)N(c1ccccc1)CCC(=O)N2C(C)C. The number of nitrogens with zero attached hydrogens (tertiary/aromatic N) is 4. The number of fused-ring (bicyclic) bond motifs is 1. The van der Waals surface area contributed by atoms with Crippen molar-refractivity contribution in [1.82, 2.24) is 9.97 Å². The van der Waals surface area contributed by atoms with Crippen molar-refractivity contribution in [3.8, 4) is 11.9 Å². The number of methoxy groups -OCH3 is 2. The minimum absolute atomic E-state index is 0.0155. The number of carbonyl (C=O) groups is 1. The summed E-state index contributed by atoms with van der Waals surface area (Å²) in [6.45, 7) is 4.44. The van der Waals surface area contributed by atoms with Crippen LogP contribution in [0, 0.1) is 0 Å². The average Bonchev–Trinajstić information content (AvgIpc) is 2.77. The third kappa shape index (κ3) is 3.09. The predicted octanol–water partition coefficient (Wildman–Crippen LogP) is 2.78. The average molecular weight is 342 g/mol. The second-order valence-corrected chi connectivity index (χ2v) is 5.99. The van der Waals surface area contributed by atoms with Gasteiger partial charge in [0.05, 0.1) is 14.2 Å². The van der Waals surface area contributed by atoms with Crippen molar-refractivity contribution < 1.29 is 14.3 Å². The molecule has 0 radical (unpaired) electrons. The number of para-hydroxylation sites is 1. The molecule has 1 amide bonds. The molecule has 7 nitrogen and oxygen atoms in total. The van der Waals surface area contributed by atoms with Crippen LogP contribution in [0.1, 0.15) is 20.3 Å². The van der Waals surface area contributed by atoms with E-state index in [0.717, 1.165) is 5.69 Å². The van der Waals surface area contributed by atoms with E-state index in [-0.39, 0.29) is 18.0 Å². The Labute approximate surface area is 147 Å². The third-order valence-electron chi connectivity index (χ3n) is 4.09. The van der Waals surface area contributed by atoms with Crippen molar-refractivity contribution in [2.24, 2.45) is 0 Å². The van der Waals surface area contributed by atoms with Gasteiger partial charge in [-0.1, -0.05) is 18.2 Å². The van der Waals surface area contributed by atoms with Crippen molar-refractivity contribution in [3.63, 3.8) is 0 Å². The fourth-order valence-corrected chi connectivity index (χ4v) is 3.00. The molecule has 0 N–H and O–H groups in total. The number of ether oxygens (including phenoxy) is 2. The number of amides is 1. The van der Waals surface area contributed by atoms with Crippen LogP contribution in [0.25, 0.3) is 0 Å². The van der Waals surface area contributed by atoms with E-state index in [1.54, 1.807) is 4.90 Å². The maximum atomic E-state index is 12.8. The number of hydrogen-bond donors (Lipinski definition) is 0. The summed E-state index contributed by atoms with van der Waals surface area (Å²) in [5, 5.41) is 0. The molecule has 3 rings (SSSR count). The zero-order valence-corrected chi connectivity index (χ0v) is 14.9. The first kappa shape index (κ1) is 17.0. The fourth-order valence-electron chi connectivity index (χ4n) is 3.00. The lowest BCUT2D eigenvalue weighted by Crippen LogP contribution is -2.37. The van der Waals surface area contributed by atoms with Crippen LogP contribution in [-0.4, -0.2) is 42.7 Å². The zero-order valence-electron chi connectivity index (χ0n) is 14.9. The highest BCUT2D eigenvalue weighted by molar-refractivity contribution is 6.00. The summed E-state index contributed by atoms with van der Waals surface area (Å²) in [5.41, 5.74) is 1.52. The van der Waals surface area contributed by atoms with Gasteiger partial charge < -0.3 is 19.3 Å². The van der Waals surface area contributed by atoms with Crippen LogP contribution in [0.5, 0.6) is 11.9 Å². The van der Waals surface area contributed by atoms with Crippen molar-refractivity contribution in [2.75, 3.05) is 30.6 Å². The van der Waals surface area contributed by atoms with Gasteiger partial charge in [0.1, 0.15) is 0 Å². The molecule has 2 aromatic rings. The minimum Gasteiger partial charge on any atom is -0.479 e. The Hall–Kier alpha value is -2.83. The van der Waals surface area contributed by atoms with Crippen LogP contribution in [0.3, 0.4) is 0 Å². The number of carbonyl (C=O) groups excluding carboxylic acids is 1. The van der Waals surface area contributed by atoms with E-state index in [4.69, 9.17) is 9.47 Å². The molecule has 0 aliphatic carbocycles. The van der Waals surface area contributed by atoms with E-state index in [1.807, 2.05) is 49.1 Å². The van der Waals surface area contributed by atoms with Crippen LogP contribution < -0.4 is 19.3 Å². The molecule has 0 saturated carbocycles. The topological polar surface area (TPSA) is 67.8 Å². The minimum atomic E-state index is -0.0483. The first-order valence-electron chi connectivity index (χ1n) is 8.21. The molecular weight excluding hydrogens is 320 g/mol. The quantitative estimate of drug-likeness (QED) is 0.851. The molecule has 7 heteroatoms.